The Labute approximate surface area is 314 Å². The van der Waals surface area contributed by atoms with Crippen molar-refractivity contribution in [3.63, 3.8) is 0 Å². The van der Waals surface area contributed by atoms with Gasteiger partial charge >= 0.3 is 0 Å². The molecule has 7 rings (SSSR count). The smallest absolute Gasteiger partial charge is 0.252 e. The molecule has 2 aromatic carbocycles. The molecule has 4 aromatic rings. The molecule has 3 atom stereocenters. The normalized spacial score (nSPS) is 20.7. The summed E-state index contributed by atoms with van der Waals surface area (Å²) < 4.78 is 19.0. The average molecular weight is 743 g/mol. The van der Waals surface area contributed by atoms with Crippen molar-refractivity contribution in [3.8, 4) is 11.5 Å². The Kier molecular flexibility index (Phi) is 13.3. The number of amides is 3. The quantitative estimate of drug-likeness (QED) is 0.204. The highest BCUT2D eigenvalue weighted by molar-refractivity contribution is 5.99. The second kappa shape index (κ2) is 18.7. The number of nitrogens with one attached hydrogen (secondary N) is 3. The first kappa shape index (κ1) is 38.4. The number of nitrogens with zero attached hydrogens (tertiary/aromatic N) is 5. The lowest BCUT2D eigenvalue weighted by Crippen LogP contribution is -2.58. The number of fused-ring (bicyclic) bond motifs is 16. The Bertz CT molecular complexity index is 1840. The van der Waals surface area contributed by atoms with E-state index in [1.165, 1.54) is 33.3 Å². The zero-order valence-electron chi connectivity index (χ0n) is 30.9. The molecule has 54 heavy (non-hydrogen) atoms. The van der Waals surface area contributed by atoms with Gasteiger partial charge in [0.25, 0.3) is 5.91 Å². The van der Waals surface area contributed by atoms with E-state index in [0.717, 1.165) is 35.6 Å². The molecule has 0 radical (unpaired) electrons. The first-order valence-electron chi connectivity index (χ1n) is 18.7. The summed E-state index contributed by atoms with van der Waals surface area (Å²) in [6, 6.07) is 13.7. The number of hydrogen-bond acceptors (Lipinski definition) is 11. The topological polar surface area (TPSA) is 186 Å². The van der Waals surface area contributed by atoms with Crippen molar-refractivity contribution in [1.82, 2.24) is 41.0 Å². The van der Waals surface area contributed by atoms with Gasteiger partial charge in [0, 0.05) is 56.2 Å². The fourth-order valence-electron chi connectivity index (χ4n) is 6.90. The Morgan fingerprint density at radius 3 is 2.57 bits per heavy atom. The van der Waals surface area contributed by atoms with Crippen LogP contribution in [0.15, 0.2) is 65.3 Å². The van der Waals surface area contributed by atoms with Crippen LogP contribution in [0.2, 0.25) is 0 Å². The van der Waals surface area contributed by atoms with Crippen molar-refractivity contribution in [2.75, 3.05) is 33.4 Å². The van der Waals surface area contributed by atoms with E-state index in [4.69, 9.17) is 14.0 Å². The predicted molar refractivity (Wildman–Crippen MR) is 198 cm³/mol. The molecular formula is C39H50N8O7. The number of aliphatic hydroxyl groups excluding tert-OH is 1. The maximum Gasteiger partial charge on any atom is 0.252 e. The molecule has 3 amide bonds. The molecule has 0 saturated heterocycles. The third-order valence-electron chi connectivity index (χ3n) is 9.95. The van der Waals surface area contributed by atoms with Gasteiger partial charge in [-0.1, -0.05) is 60.0 Å². The largest absolute Gasteiger partial charge is 0.493 e. The SMILES string of the molecule is COc1cc2ccc1OCCn1cc(nn1)CCN(Cc1cc(C3CCCCC3)no1)CCNC(=O)[C@H]([C@@H](C)O)NC(=O)[C@@H](Cc1ccccc1)NC2=O. The highest BCUT2D eigenvalue weighted by atomic mass is 16.5. The van der Waals surface area contributed by atoms with Crippen LogP contribution in [-0.4, -0.2) is 99.4 Å². The first-order valence-corrected chi connectivity index (χ1v) is 18.7. The first-order chi connectivity index (χ1) is 26.2. The zero-order valence-corrected chi connectivity index (χ0v) is 30.9. The van der Waals surface area contributed by atoms with Crippen LogP contribution in [0.1, 0.15) is 78.0 Å². The van der Waals surface area contributed by atoms with Crippen molar-refractivity contribution < 1.29 is 33.5 Å². The van der Waals surface area contributed by atoms with E-state index < -0.39 is 35.9 Å². The van der Waals surface area contributed by atoms with Crippen molar-refractivity contribution in [2.24, 2.45) is 0 Å². The zero-order chi connectivity index (χ0) is 37.9. The number of rotatable bonds is 7. The fourth-order valence-corrected chi connectivity index (χ4v) is 6.90. The van der Waals surface area contributed by atoms with Crippen LogP contribution in [0.5, 0.6) is 11.5 Å². The second-order valence-corrected chi connectivity index (χ2v) is 14.0. The van der Waals surface area contributed by atoms with Crippen LogP contribution in [0.3, 0.4) is 0 Å². The Hall–Kier alpha value is -5.28. The van der Waals surface area contributed by atoms with Crippen LogP contribution in [0.25, 0.3) is 0 Å². The molecule has 2 aliphatic heterocycles. The number of carbonyl (C=O) groups is 3. The van der Waals surface area contributed by atoms with Crippen LogP contribution < -0.4 is 25.4 Å². The van der Waals surface area contributed by atoms with Gasteiger partial charge in [-0.25, -0.2) is 4.68 Å². The van der Waals surface area contributed by atoms with Gasteiger partial charge in [0.05, 0.1) is 37.7 Å². The van der Waals surface area contributed by atoms with E-state index in [1.807, 2.05) is 42.6 Å². The molecule has 3 aliphatic rings. The monoisotopic (exact) mass is 742 g/mol. The average Bonchev–Trinajstić information content (AvgIpc) is 3.85. The maximum absolute atomic E-state index is 13.8. The van der Waals surface area contributed by atoms with Crippen LogP contribution in [0, 0.1) is 0 Å². The molecule has 15 nitrogen and oxygen atoms in total. The van der Waals surface area contributed by atoms with Gasteiger partial charge in [-0.2, -0.15) is 0 Å². The van der Waals surface area contributed by atoms with Crippen LogP contribution in [0.4, 0.5) is 0 Å². The molecule has 1 fully saturated rings. The minimum atomic E-state index is -1.28. The summed E-state index contributed by atoms with van der Waals surface area (Å²) in [6.07, 6.45) is 7.26. The third-order valence-corrected chi connectivity index (χ3v) is 9.95. The number of carbonyl (C=O) groups excluding carboxylic acids is 3. The minimum absolute atomic E-state index is 0.147. The summed E-state index contributed by atoms with van der Waals surface area (Å²) in [5, 5.41) is 32.1. The van der Waals surface area contributed by atoms with E-state index in [1.54, 1.807) is 22.9 Å². The Morgan fingerprint density at radius 2 is 1.80 bits per heavy atom. The molecule has 15 heteroatoms. The van der Waals surface area contributed by atoms with Gasteiger partial charge in [-0.3, -0.25) is 19.3 Å². The van der Waals surface area contributed by atoms with E-state index in [2.05, 4.69) is 36.3 Å². The van der Waals surface area contributed by atoms with Gasteiger partial charge in [0.1, 0.15) is 18.7 Å². The molecule has 1 saturated carbocycles. The van der Waals surface area contributed by atoms with Gasteiger partial charge in [-0.05, 0) is 43.5 Å². The van der Waals surface area contributed by atoms with E-state index >= 15 is 0 Å². The van der Waals surface area contributed by atoms with Crippen molar-refractivity contribution in [3.05, 3.63) is 89.1 Å². The van der Waals surface area contributed by atoms with E-state index in [9.17, 15) is 19.5 Å². The maximum atomic E-state index is 13.8. The number of aromatic nitrogens is 4. The van der Waals surface area contributed by atoms with E-state index in [0.29, 0.717) is 50.0 Å². The van der Waals surface area contributed by atoms with Crippen molar-refractivity contribution in [1.29, 1.82) is 0 Å². The lowest BCUT2D eigenvalue weighted by Gasteiger charge is -2.26. The molecule has 288 valence electrons. The standard InChI is InChI=1S/C39H50N8O7/c1-26(48)36-39(51)40-16-18-46(25-31-23-32(44-54-31)28-11-7-4-8-12-28)17-15-30-24-47(45-43-30)19-20-53-34-14-13-29(22-35(34)52-2)37(49)41-33(38(50)42-36)21-27-9-5-3-6-10-27/h3,5-6,9-10,13-14,22-24,26,28,33,36,48H,4,7-8,11-12,15-21,25H2,1-2H3,(H,40,51)(H,41,49)(H,42,50)/t26-,33-,36+/m1/s1. The lowest BCUT2D eigenvalue weighted by molar-refractivity contribution is -0.132. The Balaban J connectivity index is 1.23. The molecular weight excluding hydrogens is 692 g/mol. The number of methoxy groups -OCH3 is 1. The fraction of sp³-hybridized carbons (Fsp3) is 0.487. The molecule has 0 unspecified atom stereocenters. The third kappa shape index (κ3) is 10.4. The minimum Gasteiger partial charge on any atom is -0.493 e. The summed E-state index contributed by atoms with van der Waals surface area (Å²) in [5.74, 6) is 0.231. The summed E-state index contributed by atoms with van der Waals surface area (Å²) in [5.41, 5.74) is 2.82. The van der Waals surface area contributed by atoms with Crippen LogP contribution >= 0.6 is 0 Å². The van der Waals surface area contributed by atoms with Crippen LogP contribution in [-0.2, 0) is 35.5 Å². The van der Waals surface area contributed by atoms with Crippen molar-refractivity contribution >= 4 is 17.7 Å². The van der Waals surface area contributed by atoms with Gasteiger partial charge in [0.2, 0.25) is 11.8 Å². The molecule has 4 bridgehead atoms. The molecule has 2 aromatic heterocycles. The van der Waals surface area contributed by atoms with Crippen molar-refractivity contribution in [2.45, 2.75) is 89.1 Å². The van der Waals surface area contributed by atoms with E-state index in [-0.39, 0.29) is 25.1 Å². The molecule has 0 spiro atoms. The summed E-state index contributed by atoms with van der Waals surface area (Å²) >= 11 is 0. The molecule has 4 heterocycles. The highest BCUT2D eigenvalue weighted by Gasteiger charge is 2.30. The summed E-state index contributed by atoms with van der Waals surface area (Å²) in [6.45, 7) is 3.87. The number of benzene rings is 2. The number of ether oxygens (including phenoxy) is 2. The highest BCUT2D eigenvalue weighted by Crippen LogP contribution is 2.32. The summed E-state index contributed by atoms with van der Waals surface area (Å²) in [7, 11) is 1.48. The van der Waals surface area contributed by atoms with Gasteiger partial charge < -0.3 is 35.1 Å². The Morgan fingerprint density at radius 1 is 0.981 bits per heavy atom. The summed E-state index contributed by atoms with van der Waals surface area (Å²) in [4.78, 5) is 43.0. The lowest BCUT2D eigenvalue weighted by atomic mass is 9.87. The number of aliphatic hydroxyl groups is 1. The van der Waals surface area contributed by atoms with Gasteiger partial charge in [-0.15, -0.1) is 5.10 Å². The second-order valence-electron chi connectivity index (χ2n) is 14.0. The molecule has 4 N–H and O–H groups in total. The van der Waals surface area contributed by atoms with Gasteiger partial charge in [0.15, 0.2) is 17.3 Å². The number of hydrogen-bond donors (Lipinski definition) is 4. The predicted octanol–water partition coefficient (Wildman–Crippen LogP) is 2.78. The molecule has 1 aliphatic carbocycles.